The van der Waals surface area contributed by atoms with E-state index < -0.39 is 77.7 Å². The highest BCUT2D eigenvalue weighted by atomic mass is 16.8. The van der Waals surface area contributed by atoms with Crippen molar-refractivity contribution in [3.63, 3.8) is 0 Å². The molecule has 14 heteroatoms. The predicted octanol–water partition coefficient (Wildman–Crippen LogP) is 2.88. The van der Waals surface area contributed by atoms with E-state index in [-0.39, 0.29) is 23.8 Å². The van der Waals surface area contributed by atoms with E-state index in [1.54, 1.807) is 6.92 Å². The summed E-state index contributed by atoms with van der Waals surface area (Å²) in [6, 6.07) is 9.29. The summed E-state index contributed by atoms with van der Waals surface area (Å²) in [5, 5.41) is 53.5. The number of aliphatic hydroxyl groups is 2. The number of carboxylic acids is 3. The van der Waals surface area contributed by atoms with Gasteiger partial charge in [0.1, 0.15) is 12.2 Å². The molecule has 1 aromatic carbocycles. The first kappa shape index (κ1) is 39.3. The van der Waals surface area contributed by atoms with E-state index in [0.717, 1.165) is 18.1 Å². The number of allylic oxidation sites excluding steroid dienone is 1. The van der Waals surface area contributed by atoms with Crippen molar-refractivity contribution in [1.29, 1.82) is 0 Å². The largest absolute Gasteiger partial charge is 0.479 e. The fourth-order valence-corrected chi connectivity index (χ4v) is 6.58. The van der Waals surface area contributed by atoms with E-state index in [1.807, 2.05) is 51.1 Å². The number of aliphatic carboxylic acids is 3. The molecule has 2 saturated heterocycles. The lowest BCUT2D eigenvalue weighted by Crippen LogP contribution is -2.78. The van der Waals surface area contributed by atoms with E-state index >= 15 is 0 Å². The summed E-state index contributed by atoms with van der Waals surface area (Å²) in [6.07, 6.45) is -4.83. The highest BCUT2D eigenvalue weighted by Crippen LogP contribution is 2.56. The van der Waals surface area contributed by atoms with Crippen molar-refractivity contribution in [2.75, 3.05) is 0 Å². The lowest BCUT2D eigenvalue weighted by molar-refractivity contribution is -0.374. The van der Waals surface area contributed by atoms with Crippen molar-refractivity contribution >= 4 is 29.8 Å². The Morgan fingerprint density at radius 3 is 2.20 bits per heavy atom. The second-order valence-electron chi connectivity index (χ2n) is 13.1. The van der Waals surface area contributed by atoms with E-state index in [4.69, 9.17) is 18.9 Å². The van der Waals surface area contributed by atoms with Gasteiger partial charge in [0, 0.05) is 25.3 Å². The molecular formula is C35H46O14. The molecule has 0 radical (unpaired) electrons. The number of carboxylic acid groups (broad SMARTS) is 3. The van der Waals surface area contributed by atoms with Crippen LogP contribution in [0.2, 0.25) is 0 Å². The van der Waals surface area contributed by atoms with Gasteiger partial charge in [-0.25, -0.2) is 19.2 Å². The molecule has 5 N–H and O–H groups in total. The summed E-state index contributed by atoms with van der Waals surface area (Å²) in [5.74, 6) is -11.3. The third-order valence-corrected chi connectivity index (χ3v) is 9.29. The topological polar surface area (TPSA) is 223 Å². The summed E-state index contributed by atoms with van der Waals surface area (Å²) in [5.41, 5.74) is -6.27. The van der Waals surface area contributed by atoms with Gasteiger partial charge in [-0.2, -0.15) is 0 Å². The Morgan fingerprint density at radius 1 is 1.04 bits per heavy atom. The van der Waals surface area contributed by atoms with Crippen LogP contribution in [0.4, 0.5) is 0 Å². The zero-order chi connectivity index (χ0) is 36.9. The fraction of sp³-hybridized carbons (Fsp3) is 0.571. The maximum absolute atomic E-state index is 13.0. The van der Waals surface area contributed by atoms with Crippen LogP contribution in [0.25, 0.3) is 0 Å². The van der Waals surface area contributed by atoms with Crippen LogP contribution in [0.1, 0.15) is 65.9 Å². The molecule has 270 valence electrons. The first-order chi connectivity index (χ1) is 22.9. The van der Waals surface area contributed by atoms with Crippen LogP contribution < -0.4 is 0 Å². The summed E-state index contributed by atoms with van der Waals surface area (Å²) in [4.78, 5) is 63.0. The van der Waals surface area contributed by atoms with Gasteiger partial charge in [0.15, 0.2) is 6.10 Å². The summed E-state index contributed by atoms with van der Waals surface area (Å²) < 4.78 is 22.0. The number of hydrogen-bond donors (Lipinski definition) is 5. The molecule has 1 aromatic rings. The quantitative estimate of drug-likeness (QED) is 0.0901. The number of carbonyl (C=O) groups is 5. The lowest BCUT2D eigenvalue weighted by atomic mass is 9.74. The molecular weight excluding hydrogens is 644 g/mol. The summed E-state index contributed by atoms with van der Waals surface area (Å²) in [7, 11) is 0. The minimum Gasteiger partial charge on any atom is -0.479 e. The molecule has 0 saturated carbocycles. The third kappa shape index (κ3) is 7.88. The molecule has 2 aliphatic rings. The Balaban J connectivity index is 2.02. The van der Waals surface area contributed by atoms with Gasteiger partial charge < -0.3 is 44.5 Å². The highest BCUT2D eigenvalue weighted by molar-refractivity contribution is 5.98. The van der Waals surface area contributed by atoms with E-state index in [9.17, 15) is 49.5 Å². The number of carbonyl (C=O) groups excluding carboxylic acids is 2. The minimum absolute atomic E-state index is 0.123. The number of benzene rings is 1. The van der Waals surface area contributed by atoms with Crippen molar-refractivity contribution < 1.29 is 68.5 Å². The maximum Gasteiger partial charge on any atom is 0.344 e. The molecule has 2 fully saturated rings. The molecule has 2 heterocycles. The maximum atomic E-state index is 13.0. The second kappa shape index (κ2) is 15.6. The molecule has 0 aromatic heterocycles. The van der Waals surface area contributed by atoms with Gasteiger partial charge in [0.25, 0.3) is 0 Å². The van der Waals surface area contributed by atoms with Crippen molar-refractivity contribution in [3.8, 4) is 0 Å². The zero-order valence-electron chi connectivity index (χ0n) is 28.2. The molecule has 0 spiro atoms. The van der Waals surface area contributed by atoms with Crippen LogP contribution >= 0.6 is 0 Å². The van der Waals surface area contributed by atoms with Gasteiger partial charge in [0.2, 0.25) is 23.1 Å². The first-order valence-corrected chi connectivity index (χ1v) is 16.1. The minimum atomic E-state index is -3.90. The smallest absolute Gasteiger partial charge is 0.344 e. The molecule has 0 aliphatic carbocycles. The van der Waals surface area contributed by atoms with Crippen molar-refractivity contribution in [2.24, 2.45) is 17.8 Å². The molecule has 0 amide bonds. The van der Waals surface area contributed by atoms with Gasteiger partial charge in [-0.3, -0.25) is 4.79 Å². The van der Waals surface area contributed by atoms with Crippen LogP contribution in [-0.2, 0) is 49.3 Å². The molecule has 10 atom stereocenters. The van der Waals surface area contributed by atoms with Crippen molar-refractivity contribution in [3.05, 3.63) is 60.2 Å². The Bertz CT molecular complexity index is 1440. The van der Waals surface area contributed by atoms with Crippen LogP contribution in [0.15, 0.2) is 54.6 Å². The summed E-state index contributed by atoms with van der Waals surface area (Å²) in [6.45, 7) is 12.9. The molecule has 2 aliphatic heterocycles. The van der Waals surface area contributed by atoms with Gasteiger partial charge in [-0.1, -0.05) is 77.1 Å². The molecule has 3 rings (SSSR count). The average Bonchev–Trinajstić information content (AvgIpc) is 3.25. The number of esters is 2. The monoisotopic (exact) mass is 690 g/mol. The van der Waals surface area contributed by atoms with Crippen molar-refractivity contribution in [1.82, 2.24) is 0 Å². The first-order valence-electron chi connectivity index (χ1n) is 16.1. The Morgan fingerprint density at radius 2 is 1.67 bits per heavy atom. The molecule has 0 unspecified atom stereocenters. The number of hydrogen-bond acceptors (Lipinski definition) is 11. The van der Waals surface area contributed by atoms with Gasteiger partial charge >= 0.3 is 29.8 Å². The third-order valence-electron chi connectivity index (χ3n) is 9.29. The van der Waals surface area contributed by atoms with Crippen LogP contribution in [0.5, 0.6) is 0 Å². The van der Waals surface area contributed by atoms with Gasteiger partial charge in [0.05, 0.1) is 0 Å². The second-order valence-corrected chi connectivity index (χ2v) is 13.1. The average molecular weight is 691 g/mol. The predicted molar refractivity (Wildman–Crippen MR) is 171 cm³/mol. The van der Waals surface area contributed by atoms with Crippen LogP contribution in [0.3, 0.4) is 0 Å². The van der Waals surface area contributed by atoms with E-state index in [0.29, 0.717) is 18.8 Å². The van der Waals surface area contributed by atoms with E-state index in [1.165, 1.54) is 13.0 Å². The van der Waals surface area contributed by atoms with Crippen molar-refractivity contribution in [2.45, 2.75) is 108 Å². The molecule has 14 nitrogen and oxygen atoms in total. The summed E-state index contributed by atoms with van der Waals surface area (Å²) >= 11 is 0. The Labute approximate surface area is 284 Å². The SMILES string of the molecule is C=C(CC[C@]12O[C@H](C(=O)O)[C@@](O)(C(=O)O)[C@](C(=O)O)(O1)[C@H](OC(=O)/C=C/[C@@H](C)C[C@@H](C)CC)[C@H]2O)[C@H](OC(C)=O)[C@@H](C)Cc1ccccc1. The van der Waals surface area contributed by atoms with Crippen LogP contribution in [-0.4, -0.2) is 96.8 Å². The highest BCUT2D eigenvalue weighted by Gasteiger charge is 2.85. The number of ether oxygens (including phenoxy) is 4. The number of rotatable bonds is 17. The van der Waals surface area contributed by atoms with Gasteiger partial charge in [-0.15, -0.1) is 0 Å². The lowest BCUT2D eigenvalue weighted by Gasteiger charge is -2.48. The van der Waals surface area contributed by atoms with Crippen LogP contribution in [0, 0.1) is 17.8 Å². The standard InChI is InChI=1S/C35H46O14/c1-7-19(2)17-20(3)13-14-25(37)47-28-27(38)33(48-29(30(39)40)34(45,31(41)42)35(28,49-33)32(43)44)16-15-21(4)26(46-23(6)36)22(5)18-24-11-9-8-10-12-24/h8-14,19-20,22,26-29,38,45H,4,7,15-18H2,1-3,5-6H3,(H,39,40)(H,41,42)(H,43,44)/b14-13+/t19-,20+,22-,26-,27+,28+,29+,33-,34+,35-/m0/s1. The number of fused-ring (bicyclic) bond motifs is 2. The fourth-order valence-electron chi connectivity index (χ4n) is 6.58. The number of aliphatic hydroxyl groups excluding tert-OH is 1. The normalized spacial score (nSPS) is 30.1. The zero-order valence-corrected chi connectivity index (χ0v) is 28.2. The molecule has 2 bridgehead atoms. The Kier molecular flexibility index (Phi) is 12.5. The molecule has 49 heavy (non-hydrogen) atoms. The van der Waals surface area contributed by atoms with Gasteiger partial charge in [-0.05, 0) is 42.2 Å². The Hall–Kier alpha value is -4.11. The van der Waals surface area contributed by atoms with E-state index in [2.05, 4.69) is 6.58 Å².